The molecule has 0 amide bonds. The maximum atomic E-state index is 5.92. The molecule has 1 aromatic rings. The van der Waals surface area contributed by atoms with Gasteiger partial charge in [-0.2, -0.15) is 0 Å². The average Bonchev–Trinajstić information content (AvgIpc) is 2.45. The Kier molecular flexibility index (Phi) is 5.44. The standard InChI is InChI=1S/C20H33N/c1-8-18(2,3)12-13-19(4,5)16-10-9-11-17(14-16)20(6,7)15-21/h8-11,14H,1,12-13,15,21H2,2-7H3. The lowest BCUT2D eigenvalue weighted by Crippen LogP contribution is -2.29. The fourth-order valence-electron chi connectivity index (χ4n) is 2.36. The van der Waals surface area contributed by atoms with Crippen molar-refractivity contribution in [3.8, 4) is 0 Å². The molecule has 0 atom stereocenters. The summed E-state index contributed by atoms with van der Waals surface area (Å²) in [7, 11) is 0. The summed E-state index contributed by atoms with van der Waals surface area (Å²) >= 11 is 0. The van der Waals surface area contributed by atoms with E-state index in [1.54, 1.807) is 0 Å². The van der Waals surface area contributed by atoms with Crippen molar-refractivity contribution in [3.63, 3.8) is 0 Å². The first-order chi connectivity index (χ1) is 9.54. The molecular weight excluding hydrogens is 254 g/mol. The van der Waals surface area contributed by atoms with E-state index in [9.17, 15) is 0 Å². The normalized spacial score (nSPS) is 13.3. The van der Waals surface area contributed by atoms with E-state index in [-0.39, 0.29) is 16.2 Å². The Morgan fingerprint density at radius 1 is 0.952 bits per heavy atom. The zero-order chi connectivity index (χ0) is 16.3. The van der Waals surface area contributed by atoms with Gasteiger partial charge >= 0.3 is 0 Å². The molecule has 1 rings (SSSR count). The molecule has 0 fully saturated rings. The summed E-state index contributed by atoms with van der Waals surface area (Å²) in [5, 5.41) is 0. The van der Waals surface area contributed by atoms with E-state index in [0.717, 1.165) is 12.8 Å². The molecular formula is C20H33N. The van der Waals surface area contributed by atoms with Crippen LogP contribution in [0, 0.1) is 5.41 Å². The average molecular weight is 287 g/mol. The second kappa shape index (κ2) is 6.36. The monoisotopic (exact) mass is 287 g/mol. The van der Waals surface area contributed by atoms with Crippen LogP contribution in [0.25, 0.3) is 0 Å². The molecule has 0 aliphatic rings. The van der Waals surface area contributed by atoms with E-state index in [1.807, 2.05) is 0 Å². The van der Waals surface area contributed by atoms with Crippen molar-refractivity contribution in [1.82, 2.24) is 0 Å². The van der Waals surface area contributed by atoms with Gasteiger partial charge in [-0.05, 0) is 34.8 Å². The third-order valence-electron chi connectivity index (χ3n) is 4.88. The Morgan fingerprint density at radius 2 is 1.48 bits per heavy atom. The van der Waals surface area contributed by atoms with Gasteiger partial charge < -0.3 is 5.73 Å². The Labute approximate surface area is 131 Å². The topological polar surface area (TPSA) is 26.0 Å². The highest BCUT2D eigenvalue weighted by atomic mass is 14.6. The van der Waals surface area contributed by atoms with Crippen molar-refractivity contribution in [2.24, 2.45) is 11.1 Å². The molecule has 0 aliphatic heterocycles. The highest BCUT2D eigenvalue weighted by molar-refractivity contribution is 5.33. The van der Waals surface area contributed by atoms with E-state index in [1.165, 1.54) is 11.1 Å². The third kappa shape index (κ3) is 4.71. The fourth-order valence-corrected chi connectivity index (χ4v) is 2.36. The highest BCUT2D eigenvalue weighted by Gasteiger charge is 2.26. The molecule has 2 N–H and O–H groups in total. The molecule has 1 aromatic carbocycles. The number of hydrogen-bond donors (Lipinski definition) is 1. The third-order valence-corrected chi connectivity index (χ3v) is 4.88. The molecule has 0 aromatic heterocycles. The molecule has 0 saturated heterocycles. The van der Waals surface area contributed by atoms with Gasteiger partial charge in [-0.15, -0.1) is 6.58 Å². The molecule has 0 aliphatic carbocycles. The molecule has 21 heavy (non-hydrogen) atoms. The number of nitrogens with two attached hydrogens (primary N) is 1. The first kappa shape index (κ1) is 18.0. The molecule has 1 nitrogen and oxygen atoms in total. The maximum absolute atomic E-state index is 5.92. The van der Waals surface area contributed by atoms with E-state index >= 15 is 0 Å². The van der Waals surface area contributed by atoms with Crippen molar-refractivity contribution in [3.05, 3.63) is 48.0 Å². The van der Waals surface area contributed by atoms with Crippen LogP contribution in [-0.2, 0) is 10.8 Å². The van der Waals surface area contributed by atoms with Gasteiger partial charge in [0.2, 0.25) is 0 Å². The van der Waals surface area contributed by atoms with Gasteiger partial charge in [0.25, 0.3) is 0 Å². The van der Waals surface area contributed by atoms with Crippen molar-refractivity contribution < 1.29 is 0 Å². The maximum Gasteiger partial charge on any atom is 0.00191 e. The zero-order valence-corrected chi connectivity index (χ0v) is 14.8. The predicted molar refractivity (Wildman–Crippen MR) is 94.8 cm³/mol. The molecule has 0 bridgehead atoms. The summed E-state index contributed by atoms with van der Waals surface area (Å²) < 4.78 is 0. The van der Waals surface area contributed by atoms with Crippen molar-refractivity contribution in [2.45, 2.75) is 65.2 Å². The van der Waals surface area contributed by atoms with Gasteiger partial charge in [0.05, 0.1) is 0 Å². The lowest BCUT2D eigenvalue weighted by Gasteiger charge is -2.31. The van der Waals surface area contributed by atoms with Crippen LogP contribution in [-0.4, -0.2) is 6.54 Å². The van der Waals surface area contributed by atoms with Crippen LogP contribution in [0.4, 0.5) is 0 Å². The van der Waals surface area contributed by atoms with E-state index < -0.39 is 0 Å². The van der Waals surface area contributed by atoms with Crippen LogP contribution in [0.2, 0.25) is 0 Å². The zero-order valence-electron chi connectivity index (χ0n) is 14.8. The molecule has 118 valence electrons. The van der Waals surface area contributed by atoms with Gasteiger partial charge in [-0.3, -0.25) is 0 Å². The summed E-state index contributed by atoms with van der Waals surface area (Å²) in [6.07, 6.45) is 4.36. The quantitative estimate of drug-likeness (QED) is 0.686. The van der Waals surface area contributed by atoms with Crippen molar-refractivity contribution in [2.75, 3.05) is 6.54 Å². The summed E-state index contributed by atoms with van der Waals surface area (Å²) in [4.78, 5) is 0. The molecule has 0 unspecified atom stereocenters. The van der Waals surface area contributed by atoms with Gasteiger partial charge in [0.1, 0.15) is 0 Å². The smallest absolute Gasteiger partial charge is 0.00191 e. The Balaban J connectivity index is 2.98. The summed E-state index contributed by atoms with van der Waals surface area (Å²) in [6, 6.07) is 8.95. The molecule has 1 heteroatoms. The lowest BCUT2D eigenvalue weighted by atomic mass is 9.73. The second-order valence-corrected chi connectivity index (χ2v) is 8.25. The van der Waals surface area contributed by atoms with Crippen LogP contribution in [0.5, 0.6) is 0 Å². The summed E-state index contributed by atoms with van der Waals surface area (Å²) in [6.45, 7) is 18.2. The Morgan fingerprint density at radius 3 is 1.95 bits per heavy atom. The van der Waals surface area contributed by atoms with E-state index in [4.69, 9.17) is 5.73 Å². The van der Waals surface area contributed by atoms with E-state index in [0.29, 0.717) is 6.54 Å². The van der Waals surface area contributed by atoms with Crippen LogP contribution in [0.15, 0.2) is 36.9 Å². The van der Waals surface area contributed by atoms with Crippen LogP contribution in [0.1, 0.15) is 65.5 Å². The van der Waals surface area contributed by atoms with Gasteiger partial charge in [-0.25, -0.2) is 0 Å². The summed E-state index contributed by atoms with van der Waals surface area (Å²) in [5.74, 6) is 0. The minimum Gasteiger partial charge on any atom is -0.330 e. The number of allylic oxidation sites excluding steroid dienone is 1. The minimum absolute atomic E-state index is 0.0342. The Hall–Kier alpha value is -1.08. The molecule has 0 radical (unpaired) electrons. The largest absolute Gasteiger partial charge is 0.330 e. The van der Waals surface area contributed by atoms with Gasteiger partial charge in [0.15, 0.2) is 0 Å². The van der Waals surface area contributed by atoms with Gasteiger partial charge in [0, 0.05) is 12.0 Å². The first-order valence-electron chi connectivity index (χ1n) is 7.99. The molecule has 0 heterocycles. The first-order valence-corrected chi connectivity index (χ1v) is 7.99. The number of benzene rings is 1. The second-order valence-electron chi connectivity index (χ2n) is 8.25. The minimum atomic E-state index is 0.0342. The van der Waals surface area contributed by atoms with E-state index in [2.05, 4.69) is 78.5 Å². The number of hydrogen-bond acceptors (Lipinski definition) is 1. The fraction of sp³-hybridized carbons (Fsp3) is 0.600. The van der Waals surface area contributed by atoms with Crippen LogP contribution in [0.3, 0.4) is 0 Å². The predicted octanol–water partition coefficient (Wildman–Crippen LogP) is 5.19. The Bertz CT molecular complexity index is 480. The van der Waals surface area contributed by atoms with Crippen LogP contribution >= 0.6 is 0 Å². The molecule has 0 spiro atoms. The number of rotatable bonds is 7. The van der Waals surface area contributed by atoms with Crippen molar-refractivity contribution in [1.29, 1.82) is 0 Å². The lowest BCUT2D eigenvalue weighted by molar-refractivity contribution is 0.351. The molecule has 0 saturated carbocycles. The van der Waals surface area contributed by atoms with Gasteiger partial charge in [-0.1, -0.05) is 71.9 Å². The SMILES string of the molecule is C=CC(C)(C)CCC(C)(C)c1cccc(C(C)(C)CN)c1. The van der Waals surface area contributed by atoms with Crippen LogP contribution < -0.4 is 5.73 Å². The highest BCUT2D eigenvalue weighted by Crippen LogP contribution is 2.35. The summed E-state index contributed by atoms with van der Waals surface area (Å²) in [5.41, 5.74) is 9.06. The van der Waals surface area contributed by atoms with Crippen molar-refractivity contribution >= 4 is 0 Å².